The van der Waals surface area contributed by atoms with Crippen LogP contribution in [0.5, 0.6) is 5.88 Å². The fraction of sp³-hybridized carbons (Fsp3) is 0.600. The van der Waals surface area contributed by atoms with Crippen molar-refractivity contribution in [2.24, 2.45) is 5.92 Å². The normalized spacial score (nSPS) is 21.6. The number of methoxy groups -OCH3 is 2. The van der Waals surface area contributed by atoms with Crippen molar-refractivity contribution in [1.29, 1.82) is 0 Å². The highest BCUT2D eigenvalue weighted by Crippen LogP contribution is 2.30. The lowest BCUT2D eigenvalue weighted by Crippen LogP contribution is -2.45. The lowest BCUT2D eigenvalue weighted by Gasteiger charge is -2.36. The second kappa shape index (κ2) is 9.69. The van der Waals surface area contributed by atoms with E-state index in [2.05, 4.69) is 20.4 Å². The number of aryl methyl sites for hydroxylation is 1. The molecule has 0 bridgehead atoms. The number of carbonyl (C=O) groups is 1. The number of aromatic nitrogens is 3. The lowest BCUT2D eigenvalue weighted by atomic mass is 9.83. The quantitative estimate of drug-likeness (QED) is 0.716. The van der Waals surface area contributed by atoms with Gasteiger partial charge in [0.25, 0.3) is 0 Å². The fourth-order valence-electron chi connectivity index (χ4n) is 3.69. The van der Waals surface area contributed by atoms with Crippen molar-refractivity contribution >= 4 is 11.9 Å². The number of anilines is 1. The predicted octanol–water partition coefficient (Wildman–Crippen LogP) is 2.29. The summed E-state index contributed by atoms with van der Waals surface area (Å²) < 4.78 is 16.1. The molecule has 2 heterocycles. The maximum atomic E-state index is 12.9. The summed E-state index contributed by atoms with van der Waals surface area (Å²) in [5, 5.41) is 7.30. The summed E-state index contributed by atoms with van der Waals surface area (Å²) in [5.74, 6) is 1.70. The van der Waals surface area contributed by atoms with Crippen LogP contribution >= 0.6 is 0 Å². The van der Waals surface area contributed by atoms with Crippen LogP contribution in [0.25, 0.3) is 0 Å². The summed E-state index contributed by atoms with van der Waals surface area (Å²) in [6.45, 7) is 2.43. The van der Waals surface area contributed by atoms with Crippen LogP contribution in [0.4, 0.5) is 5.95 Å². The maximum Gasteiger partial charge on any atom is 0.226 e. The first-order valence-electron chi connectivity index (χ1n) is 9.89. The molecule has 0 spiro atoms. The van der Waals surface area contributed by atoms with Gasteiger partial charge in [-0.15, -0.1) is 0 Å². The van der Waals surface area contributed by atoms with Crippen molar-refractivity contribution in [3.63, 3.8) is 0 Å². The Morgan fingerprint density at radius 2 is 2.21 bits per heavy atom. The molecular weight excluding hydrogens is 374 g/mol. The van der Waals surface area contributed by atoms with Crippen LogP contribution in [0.2, 0.25) is 0 Å². The Bertz CT molecular complexity index is 812. The average molecular weight is 403 g/mol. The molecule has 9 heteroatoms. The number of rotatable bonds is 8. The molecular formula is C20H29N5O4. The standard InChI is InChI=1S/C20H29N5O4/c1-5-14-11-15(29-24-14)12-25(2)19(26)13-6-7-16(17(10-13)27-3)22-20-21-9-8-18(23-20)28-4/h8-9,11,13,16-17H,5-7,10,12H2,1-4H3,(H,21,22,23)/t13-,16-,17-/m0/s1. The third-order valence-corrected chi connectivity index (χ3v) is 5.34. The molecule has 0 radical (unpaired) electrons. The molecule has 0 unspecified atom stereocenters. The Labute approximate surface area is 170 Å². The molecule has 2 aromatic rings. The van der Waals surface area contributed by atoms with E-state index in [0.29, 0.717) is 30.6 Å². The molecule has 1 amide bonds. The number of hydrogen-bond acceptors (Lipinski definition) is 8. The second-order valence-corrected chi connectivity index (χ2v) is 7.29. The van der Waals surface area contributed by atoms with E-state index in [1.54, 1.807) is 38.4 Å². The molecule has 1 aliphatic carbocycles. The molecule has 2 aromatic heterocycles. The van der Waals surface area contributed by atoms with Gasteiger partial charge in [-0.1, -0.05) is 12.1 Å². The van der Waals surface area contributed by atoms with E-state index in [1.807, 2.05) is 13.0 Å². The molecule has 158 valence electrons. The Morgan fingerprint density at radius 3 is 2.90 bits per heavy atom. The second-order valence-electron chi connectivity index (χ2n) is 7.29. The molecule has 29 heavy (non-hydrogen) atoms. The van der Waals surface area contributed by atoms with Gasteiger partial charge < -0.3 is 24.2 Å². The number of nitrogens with zero attached hydrogens (tertiary/aromatic N) is 4. The van der Waals surface area contributed by atoms with Crippen LogP contribution in [0, 0.1) is 5.92 Å². The number of ether oxygens (including phenoxy) is 2. The SMILES string of the molecule is CCc1cc(CN(C)C(=O)[C@H]2CC[C@H](Nc3nccc(OC)n3)[C@@H](OC)C2)on1. The highest BCUT2D eigenvalue weighted by atomic mass is 16.5. The topological polar surface area (TPSA) is 103 Å². The summed E-state index contributed by atoms with van der Waals surface area (Å²) >= 11 is 0. The van der Waals surface area contributed by atoms with Crippen LogP contribution in [0.3, 0.4) is 0 Å². The van der Waals surface area contributed by atoms with E-state index in [-0.39, 0.29) is 24.0 Å². The molecule has 1 N–H and O–H groups in total. The third kappa shape index (κ3) is 5.23. The molecule has 0 aromatic carbocycles. The van der Waals surface area contributed by atoms with Crippen LogP contribution in [0.1, 0.15) is 37.6 Å². The van der Waals surface area contributed by atoms with Crippen molar-refractivity contribution in [3.8, 4) is 5.88 Å². The van der Waals surface area contributed by atoms with E-state index in [1.165, 1.54) is 0 Å². The third-order valence-electron chi connectivity index (χ3n) is 5.34. The zero-order chi connectivity index (χ0) is 20.8. The van der Waals surface area contributed by atoms with Crippen molar-refractivity contribution in [1.82, 2.24) is 20.0 Å². The molecule has 0 saturated heterocycles. The highest BCUT2D eigenvalue weighted by molar-refractivity contribution is 5.78. The summed E-state index contributed by atoms with van der Waals surface area (Å²) in [4.78, 5) is 23.2. The van der Waals surface area contributed by atoms with E-state index >= 15 is 0 Å². The number of nitrogens with one attached hydrogen (secondary N) is 1. The zero-order valence-electron chi connectivity index (χ0n) is 17.4. The summed E-state index contributed by atoms with van der Waals surface area (Å²) in [7, 11) is 5.04. The average Bonchev–Trinajstić information content (AvgIpc) is 3.21. The Kier molecular flexibility index (Phi) is 7.03. The zero-order valence-corrected chi connectivity index (χ0v) is 17.4. The van der Waals surface area contributed by atoms with Gasteiger partial charge in [0, 0.05) is 38.4 Å². The first kappa shape index (κ1) is 21.0. The molecule has 9 nitrogen and oxygen atoms in total. The summed E-state index contributed by atoms with van der Waals surface area (Å²) in [5.41, 5.74) is 0.895. The highest BCUT2D eigenvalue weighted by Gasteiger charge is 2.35. The van der Waals surface area contributed by atoms with Gasteiger partial charge >= 0.3 is 0 Å². The lowest BCUT2D eigenvalue weighted by molar-refractivity contribution is -0.137. The van der Waals surface area contributed by atoms with E-state index in [4.69, 9.17) is 14.0 Å². The molecule has 1 fully saturated rings. The Hall–Kier alpha value is -2.68. The van der Waals surface area contributed by atoms with Crippen LogP contribution in [0.15, 0.2) is 22.9 Å². The van der Waals surface area contributed by atoms with Gasteiger partial charge in [0.05, 0.1) is 31.5 Å². The van der Waals surface area contributed by atoms with Gasteiger partial charge in [0.15, 0.2) is 5.76 Å². The van der Waals surface area contributed by atoms with Gasteiger partial charge in [-0.05, 0) is 25.7 Å². The molecule has 3 atom stereocenters. The largest absolute Gasteiger partial charge is 0.481 e. The molecule has 1 saturated carbocycles. The Morgan fingerprint density at radius 1 is 1.38 bits per heavy atom. The minimum Gasteiger partial charge on any atom is -0.481 e. The van der Waals surface area contributed by atoms with Crippen LogP contribution < -0.4 is 10.1 Å². The number of carbonyl (C=O) groups excluding carboxylic acids is 1. The summed E-state index contributed by atoms with van der Waals surface area (Å²) in [6.07, 6.45) is 4.53. The monoisotopic (exact) mass is 403 g/mol. The van der Waals surface area contributed by atoms with Crippen molar-refractivity contribution in [2.75, 3.05) is 26.6 Å². The predicted molar refractivity (Wildman–Crippen MR) is 106 cm³/mol. The van der Waals surface area contributed by atoms with Gasteiger partial charge in [0.1, 0.15) is 0 Å². The smallest absolute Gasteiger partial charge is 0.226 e. The van der Waals surface area contributed by atoms with E-state index < -0.39 is 0 Å². The first-order chi connectivity index (χ1) is 14.0. The number of hydrogen-bond donors (Lipinski definition) is 1. The van der Waals surface area contributed by atoms with Gasteiger partial charge in [-0.3, -0.25) is 4.79 Å². The first-order valence-corrected chi connectivity index (χ1v) is 9.89. The van der Waals surface area contributed by atoms with Crippen molar-refractivity contribution in [2.45, 2.75) is 51.3 Å². The fourth-order valence-corrected chi connectivity index (χ4v) is 3.69. The van der Waals surface area contributed by atoms with Gasteiger partial charge in [0.2, 0.25) is 17.7 Å². The van der Waals surface area contributed by atoms with Crippen molar-refractivity contribution < 1.29 is 18.8 Å². The Balaban J connectivity index is 1.58. The number of amides is 1. The molecule has 0 aliphatic heterocycles. The van der Waals surface area contributed by atoms with Gasteiger partial charge in [-0.2, -0.15) is 4.98 Å². The van der Waals surface area contributed by atoms with E-state index in [0.717, 1.165) is 25.0 Å². The van der Waals surface area contributed by atoms with Crippen LogP contribution in [-0.4, -0.2) is 59.3 Å². The van der Waals surface area contributed by atoms with Crippen LogP contribution in [-0.2, 0) is 22.5 Å². The van der Waals surface area contributed by atoms with E-state index in [9.17, 15) is 4.79 Å². The van der Waals surface area contributed by atoms with Crippen molar-refractivity contribution in [3.05, 3.63) is 29.8 Å². The molecule has 1 aliphatic rings. The summed E-state index contributed by atoms with van der Waals surface area (Å²) in [6, 6.07) is 3.63. The van der Waals surface area contributed by atoms with Gasteiger partial charge in [-0.25, -0.2) is 4.98 Å². The minimum atomic E-state index is -0.113. The molecule has 3 rings (SSSR count). The maximum absolute atomic E-state index is 12.9. The minimum absolute atomic E-state index is 0.0304.